The Kier molecular flexibility index (Phi) is 5.06. The lowest BCUT2D eigenvalue weighted by atomic mass is 10.0. The smallest absolute Gasteiger partial charge is 0.220 e. The molecule has 0 aliphatic carbocycles. The molecular weight excluding hydrogens is 264 g/mol. The van der Waals surface area contributed by atoms with Gasteiger partial charge in [0.25, 0.3) is 0 Å². The van der Waals surface area contributed by atoms with E-state index in [1.54, 1.807) is 0 Å². The van der Waals surface area contributed by atoms with Gasteiger partial charge in [0.15, 0.2) is 0 Å². The molecule has 3 nitrogen and oxygen atoms in total. The van der Waals surface area contributed by atoms with Crippen LogP contribution in [0.1, 0.15) is 37.7 Å². The maximum Gasteiger partial charge on any atom is 0.220 e. The molecule has 0 saturated carbocycles. The maximum absolute atomic E-state index is 13.0. The van der Waals surface area contributed by atoms with E-state index in [9.17, 15) is 18.7 Å². The van der Waals surface area contributed by atoms with Gasteiger partial charge in [0.1, 0.15) is 11.6 Å². The van der Waals surface area contributed by atoms with E-state index in [2.05, 4.69) is 5.32 Å². The lowest BCUT2D eigenvalue weighted by Gasteiger charge is -2.14. The number of amides is 1. The Labute approximate surface area is 117 Å². The van der Waals surface area contributed by atoms with Gasteiger partial charge in [0.2, 0.25) is 5.91 Å². The molecule has 2 atom stereocenters. The number of rotatable bonds is 6. The molecule has 1 heterocycles. The van der Waals surface area contributed by atoms with Crippen LogP contribution >= 0.6 is 0 Å². The summed E-state index contributed by atoms with van der Waals surface area (Å²) in [6.07, 6.45) is 3.09. The molecule has 0 spiro atoms. The number of nitrogens with one attached hydrogen (secondary N) is 1. The number of carbonyl (C=O) groups is 1. The van der Waals surface area contributed by atoms with Gasteiger partial charge in [0.05, 0.1) is 6.10 Å². The standard InChI is InChI=1S/C15H19F2NO2/c16-11-7-10(8-12(17)9-11)1-4-14(19)5-2-13-3-6-15(20)18-13/h7-9,13-14,19H,1-6H2,(H,18,20). The second kappa shape index (κ2) is 6.79. The number of carbonyl (C=O) groups excluding carboxylic acids is 1. The van der Waals surface area contributed by atoms with Gasteiger partial charge in [-0.05, 0) is 49.8 Å². The van der Waals surface area contributed by atoms with Crippen LogP contribution in [0.2, 0.25) is 0 Å². The van der Waals surface area contributed by atoms with Crippen molar-refractivity contribution in [1.82, 2.24) is 5.32 Å². The van der Waals surface area contributed by atoms with E-state index in [1.165, 1.54) is 12.1 Å². The lowest BCUT2D eigenvalue weighted by Crippen LogP contribution is -2.26. The number of aliphatic hydroxyl groups excluding tert-OH is 1. The topological polar surface area (TPSA) is 49.3 Å². The SMILES string of the molecule is O=C1CCC(CCC(O)CCc2cc(F)cc(F)c2)N1. The Balaban J connectivity index is 1.71. The molecule has 1 saturated heterocycles. The molecule has 2 unspecified atom stereocenters. The lowest BCUT2D eigenvalue weighted by molar-refractivity contribution is -0.119. The van der Waals surface area contributed by atoms with Crippen LogP contribution in [0.25, 0.3) is 0 Å². The molecule has 1 aromatic rings. The Bertz CT molecular complexity index is 459. The van der Waals surface area contributed by atoms with Crippen LogP contribution in [-0.4, -0.2) is 23.2 Å². The largest absolute Gasteiger partial charge is 0.393 e. The Morgan fingerprint density at radius 2 is 1.95 bits per heavy atom. The number of hydrogen-bond acceptors (Lipinski definition) is 2. The van der Waals surface area contributed by atoms with Crippen LogP contribution in [-0.2, 0) is 11.2 Å². The van der Waals surface area contributed by atoms with Gasteiger partial charge < -0.3 is 10.4 Å². The Morgan fingerprint density at radius 3 is 2.55 bits per heavy atom. The van der Waals surface area contributed by atoms with E-state index in [-0.39, 0.29) is 11.9 Å². The highest BCUT2D eigenvalue weighted by Gasteiger charge is 2.21. The maximum atomic E-state index is 13.0. The molecule has 5 heteroatoms. The highest BCUT2D eigenvalue weighted by molar-refractivity contribution is 5.78. The van der Waals surface area contributed by atoms with Gasteiger partial charge in [-0.2, -0.15) is 0 Å². The fourth-order valence-corrected chi connectivity index (χ4v) is 2.52. The molecule has 0 bridgehead atoms. The van der Waals surface area contributed by atoms with Gasteiger partial charge in [-0.25, -0.2) is 8.78 Å². The molecule has 2 N–H and O–H groups in total. The minimum absolute atomic E-state index is 0.0692. The van der Waals surface area contributed by atoms with Gasteiger partial charge in [-0.15, -0.1) is 0 Å². The molecule has 2 rings (SSSR count). The molecular formula is C15H19F2NO2. The van der Waals surface area contributed by atoms with E-state index < -0.39 is 17.7 Å². The van der Waals surface area contributed by atoms with Gasteiger partial charge in [-0.1, -0.05) is 0 Å². The summed E-state index contributed by atoms with van der Waals surface area (Å²) in [6, 6.07) is 3.56. The third kappa shape index (κ3) is 4.56. The number of aryl methyl sites for hydroxylation is 1. The summed E-state index contributed by atoms with van der Waals surface area (Å²) in [5.74, 6) is -1.12. The zero-order chi connectivity index (χ0) is 14.5. The Hall–Kier alpha value is -1.49. The Morgan fingerprint density at radius 1 is 1.25 bits per heavy atom. The van der Waals surface area contributed by atoms with Crippen molar-refractivity contribution >= 4 is 5.91 Å². The molecule has 1 aromatic carbocycles. The van der Waals surface area contributed by atoms with Crippen LogP contribution in [0.15, 0.2) is 18.2 Å². The highest BCUT2D eigenvalue weighted by atomic mass is 19.1. The summed E-state index contributed by atoms with van der Waals surface area (Å²) in [4.78, 5) is 11.0. The summed E-state index contributed by atoms with van der Waals surface area (Å²) in [7, 11) is 0. The van der Waals surface area contributed by atoms with Gasteiger partial charge in [-0.3, -0.25) is 4.79 Å². The molecule has 110 valence electrons. The van der Waals surface area contributed by atoms with Crippen LogP contribution in [0, 0.1) is 11.6 Å². The third-order valence-corrected chi connectivity index (χ3v) is 3.62. The average Bonchev–Trinajstić information content (AvgIpc) is 2.79. The normalized spacial score (nSPS) is 19.9. The fraction of sp³-hybridized carbons (Fsp3) is 0.533. The predicted molar refractivity (Wildman–Crippen MR) is 71.1 cm³/mol. The van der Waals surface area contributed by atoms with E-state index in [0.717, 1.165) is 18.9 Å². The quantitative estimate of drug-likeness (QED) is 0.841. The van der Waals surface area contributed by atoms with E-state index in [4.69, 9.17) is 0 Å². The highest BCUT2D eigenvalue weighted by Crippen LogP contribution is 2.16. The monoisotopic (exact) mass is 283 g/mol. The van der Waals surface area contributed by atoms with E-state index in [0.29, 0.717) is 31.2 Å². The van der Waals surface area contributed by atoms with Crippen molar-refractivity contribution in [2.24, 2.45) is 0 Å². The number of hydrogen-bond donors (Lipinski definition) is 2. The molecule has 0 aromatic heterocycles. The first kappa shape index (κ1) is 14.9. The summed E-state index contributed by atoms with van der Waals surface area (Å²) in [5, 5.41) is 12.7. The molecule has 1 amide bonds. The zero-order valence-electron chi connectivity index (χ0n) is 11.2. The van der Waals surface area contributed by atoms with E-state index >= 15 is 0 Å². The summed E-state index contributed by atoms with van der Waals surface area (Å²) in [6.45, 7) is 0. The van der Waals surface area contributed by atoms with Crippen molar-refractivity contribution in [2.45, 2.75) is 50.7 Å². The molecule has 0 radical (unpaired) electrons. The predicted octanol–water partition coefficient (Wildman–Crippen LogP) is 2.32. The molecule has 1 aliphatic heterocycles. The van der Waals surface area contributed by atoms with Crippen molar-refractivity contribution in [3.8, 4) is 0 Å². The number of benzene rings is 1. The summed E-state index contributed by atoms with van der Waals surface area (Å²) in [5.41, 5.74) is 0.552. The van der Waals surface area contributed by atoms with Gasteiger partial charge in [0, 0.05) is 18.5 Å². The minimum Gasteiger partial charge on any atom is -0.393 e. The fourth-order valence-electron chi connectivity index (χ4n) is 2.52. The number of halogens is 2. The summed E-state index contributed by atoms with van der Waals surface area (Å²) < 4.78 is 26.0. The van der Waals surface area contributed by atoms with Gasteiger partial charge >= 0.3 is 0 Å². The minimum atomic E-state index is -0.594. The van der Waals surface area contributed by atoms with Crippen molar-refractivity contribution in [2.75, 3.05) is 0 Å². The van der Waals surface area contributed by atoms with Crippen molar-refractivity contribution in [3.05, 3.63) is 35.4 Å². The van der Waals surface area contributed by atoms with Crippen molar-refractivity contribution < 1.29 is 18.7 Å². The first-order valence-electron chi connectivity index (χ1n) is 6.95. The number of aliphatic hydroxyl groups is 1. The second-order valence-electron chi connectivity index (χ2n) is 5.35. The molecule has 20 heavy (non-hydrogen) atoms. The molecule has 1 fully saturated rings. The second-order valence-corrected chi connectivity index (χ2v) is 5.35. The van der Waals surface area contributed by atoms with Crippen LogP contribution < -0.4 is 5.32 Å². The van der Waals surface area contributed by atoms with Crippen molar-refractivity contribution in [3.63, 3.8) is 0 Å². The average molecular weight is 283 g/mol. The third-order valence-electron chi connectivity index (χ3n) is 3.62. The molecule has 1 aliphatic rings. The van der Waals surface area contributed by atoms with E-state index in [1.807, 2.05) is 0 Å². The van der Waals surface area contributed by atoms with Crippen LogP contribution in [0.4, 0.5) is 8.78 Å². The van der Waals surface area contributed by atoms with Crippen molar-refractivity contribution in [1.29, 1.82) is 0 Å². The first-order valence-corrected chi connectivity index (χ1v) is 6.95. The first-order chi connectivity index (χ1) is 9.52. The summed E-state index contributed by atoms with van der Waals surface area (Å²) >= 11 is 0. The van der Waals surface area contributed by atoms with Crippen LogP contribution in [0.3, 0.4) is 0 Å². The van der Waals surface area contributed by atoms with Crippen LogP contribution in [0.5, 0.6) is 0 Å². The zero-order valence-corrected chi connectivity index (χ0v) is 11.2.